The van der Waals surface area contributed by atoms with Gasteiger partial charge in [0.15, 0.2) is 0 Å². The van der Waals surface area contributed by atoms with Crippen LogP contribution in [0.4, 0.5) is 0 Å². The van der Waals surface area contributed by atoms with Crippen LogP contribution in [0, 0.1) is 5.92 Å². The highest BCUT2D eigenvalue weighted by atomic mass is 16.5. The van der Waals surface area contributed by atoms with Crippen LogP contribution < -0.4 is 0 Å². The third-order valence-corrected chi connectivity index (χ3v) is 4.13. The molecule has 0 aromatic carbocycles. The molecule has 21 heavy (non-hydrogen) atoms. The molecule has 0 saturated heterocycles. The fourth-order valence-corrected chi connectivity index (χ4v) is 2.83. The van der Waals surface area contributed by atoms with Gasteiger partial charge in [-0.2, -0.15) is 0 Å². The zero-order valence-corrected chi connectivity index (χ0v) is 13.3. The molecule has 1 aliphatic rings. The number of methoxy groups -OCH3 is 1. The second-order valence-corrected chi connectivity index (χ2v) is 5.77. The van der Waals surface area contributed by atoms with E-state index in [0.717, 1.165) is 44.1 Å². The summed E-state index contributed by atoms with van der Waals surface area (Å²) >= 11 is 0. The molecule has 0 aromatic heterocycles. The van der Waals surface area contributed by atoms with Crippen molar-refractivity contribution < 1.29 is 19.4 Å². The SMILES string of the molecule is CCCCCCC1=C(CCCCCC(=O)OC)C1C(=O)O. The van der Waals surface area contributed by atoms with Crippen molar-refractivity contribution in [1.29, 1.82) is 0 Å². The van der Waals surface area contributed by atoms with E-state index in [2.05, 4.69) is 11.7 Å². The van der Waals surface area contributed by atoms with Gasteiger partial charge < -0.3 is 9.84 Å². The van der Waals surface area contributed by atoms with Crippen molar-refractivity contribution >= 4 is 11.9 Å². The van der Waals surface area contributed by atoms with Crippen LogP contribution in [-0.4, -0.2) is 24.2 Å². The minimum absolute atomic E-state index is 0.166. The van der Waals surface area contributed by atoms with Gasteiger partial charge in [-0.25, -0.2) is 0 Å². The molecule has 4 heteroatoms. The summed E-state index contributed by atoms with van der Waals surface area (Å²) in [5, 5.41) is 9.20. The fraction of sp³-hybridized carbons (Fsp3) is 0.765. The maximum absolute atomic E-state index is 11.2. The molecule has 0 heterocycles. The molecule has 0 aliphatic heterocycles. The topological polar surface area (TPSA) is 63.6 Å². The molecule has 0 radical (unpaired) electrons. The molecule has 1 rings (SSSR count). The molecular formula is C17H28O4. The molecule has 1 N–H and O–H groups in total. The summed E-state index contributed by atoms with van der Waals surface area (Å²) in [6.45, 7) is 2.18. The summed E-state index contributed by atoms with van der Waals surface area (Å²) in [6.07, 6.45) is 9.77. The Balaban J connectivity index is 2.21. The molecular weight excluding hydrogens is 268 g/mol. The third-order valence-electron chi connectivity index (χ3n) is 4.13. The largest absolute Gasteiger partial charge is 0.481 e. The van der Waals surface area contributed by atoms with Gasteiger partial charge in [0.2, 0.25) is 0 Å². The van der Waals surface area contributed by atoms with Crippen LogP contribution in [0.3, 0.4) is 0 Å². The lowest BCUT2D eigenvalue weighted by atomic mass is 10.1. The van der Waals surface area contributed by atoms with Crippen molar-refractivity contribution in [3.63, 3.8) is 0 Å². The van der Waals surface area contributed by atoms with Crippen molar-refractivity contribution in [2.24, 2.45) is 5.92 Å². The first-order valence-corrected chi connectivity index (χ1v) is 8.13. The molecule has 1 atom stereocenters. The number of aliphatic carboxylic acids is 1. The van der Waals surface area contributed by atoms with E-state index in [0.29, 0.717) is 6.42 Å². The summed E-state index contributed by atoms with van der Waals surface area (Å²) in [5.41, 5.74) is 2.32. The lowest BCUT2D eigenvalue weighted by Crippen LogP contribution is -2.02. The second-order valence-electron chi connectivity index (χ2n) is 5.77. The lowest BCUT2D eigenvalue weighted by Gasteiger charge is -1.99. The summed E-state index contributed by atoms with van der Waals surface area (Å²) in [7, 11) is 1.40. The van der Waals surface area contributed by atoms with Gasteiger partial charge in [0.25, 0.3) is 0 Å². The van der Waals surface area contributed by atoms with Gasteiger partial charge >= 0.3 is 11.9 Å². The van der Waals surface area contributed by atoms with Crippen LogP contribution in [0.25, 0.3) is 0 Å². The number of carbonyl (C=O) groups excluding carboxylic acids is 1. The average Bonchev–Trinajstić information content (AvgIpc) is 3.16. The maximum Gasteiger partial charge on any atom is 0.314 e. The van der Waals surface area contributed by atoms with Crippen LogP contribution in [-0.2, 0) is 14.3 Å². The van der Waals surface area contributed by atoms with E-state index >= 15 is 0 Å². The van der Waals surface area contributed by atoms with Gasteiger partial charge in [0.05, 0.1) is 13.0 Å². The van der Waals surface area contributed by atoms with Crippen molar-refractivity contribution in [3.8, 4) is 0 Å². The van der Waals surface area contributed by atoms with Crippen molar-refractivity contribution in [1.82, 2.24) is 0 Å². The fourth-order valence-electron chi connectivity index (χ4n) is 2.83. The molecule has 0 aromatic rings. The van der Waals surface area contributed by atoms with E-state index in [9.17, 15) is 14.7 Å². The minimum Gasteiger partial charge on any atom is -0.481 e. The van der Waals surface area contributed by atoms with Crippen LogP contribution in [0.1, 0.15) is 71.1 Å². The highest BCUT2D eigenvalue weighted by Crippen LogP contribution is 2.45. The first kappa shape index (κ1) is 17.7. The monoisotopic (exact) mass is 296 g/mol. The molecule has 0 bridgehead atoms. The van der Waals surface area contributed by atoms with E-state index in [1.807, 2.05) is 0 Å². The van der Waals surface area contributed by atoms with E-state index in [4.69, 9.17) is 0 Å². The number of unbranched alkanes of at least 4 members (excludes halogenated alkanes) is 5. The van der Waals surface area contributed by atoms with Crippen LogP contribution in [0.15, 0.2) is 11.1 Å². The number of rotatable bonds is 12. The second kappa shape index (κ2) is 9.59. The number of hydrogen-bond donors (Lipinski definition) is 1. The molecule has 4 nitrogen and oxygen atoms in total. The van der Waals surface area contributed by atoms with Gasteiger partial charge in [0.1, 0.15) is 0 Å². The Morgan fingerprint density at radius 3 is 2.05 bits per heavy atom. The number of hydrogen-bond acceptors (Lipinski definition) is 3. The van der Waals surface area contributed by atoms with Gasteiger partial charge in [-0.1, -0.05) is 43.8 Å². The van der Waals surface area contributed by atoms with Crippen LogP contribution in [0.2, 0.25) is 0 Å². The maximum atomic E-state index is 11.2. The van der Waals surface area contributed by atoms with E-state index < -0.39 is 5.97 Å². The van der Waals surface area contributed by atoms with Gasteiger partial charge in [0, 0.05) is 6.42 Å². The highest BCUT2D eigenvalue weighted by molar-refractivity contribution is 5.84. The predicted octanol–water partition coefficient (Wildman–Crippen LogP) is 4.09. The number of carboxylic acids is 1. The minimum atomic E-state index is -0.690. The molecule has 120 valence electrons. The summed E-state index contributed by atoms with van der Waals surface area (Å²) in [5.74, 6) is -1.13. The van der Waals surface area contributed by atoms with E-state index in [-0.39, 0.29) is 11.9 Å². The Kier molecular flexibility index (Phi) is 8.09. The highest BCUT2D eigenvalue weighted by Gasteiger charge is 2.40. The molecule has 1 unspecified atom stereocenters. The molecule has 0 fully saturated rings. The average molecular weight is 296 g/mol. The smallest absolute Gasteiger partial charge is 0.314 e. The summed E-state index contributed by atoms with van der Waals surface area (Å²) in [4.78, 5) is 22.2. The van der Waals surface area contributed by atoms with Gasteiger partial charge in [-0.05, 0) is 32.1 Å². The molecule has 0 spiro atoms. The van der Waals surface area contributed by atoms with E-state index in [1.54, 1.807) is 0 Å². The zero-order chi connectivity index (χ0) is 15.7. The number of carboxylic acid groups (broad SMARTS) is 1. The quantitative estimate of drug-likeness (QED) is 0.335. The number of esters is 1. The molecule has 0 saturated carbocycles. The van der Waals surface area contributed by atoms with Gasteiger partial charge in [-0.3, -0.25) is 9.59 Å². The van der Waals surface area contributed by atoms with Crippen LogP contribution >= 0.6 is 0 Å². The first-order valence-electron chi connectivity index (χ1n) is 8.13. The Labute approximate surface area is 127 Å². The van der Waals surface area contributed by atoms with Crippen LogP contribution in [0.5, 0.6) is 0 Å². The Morgan fingerprint density at radius 1 is 1.00 bits per heavy atom. The standard InChI is InChI=1S/C17H28O4/c1-3-4-5-7-10-13-14(16(13)17(19)20)11-8-6-9-12-15(18)21-2/h16H,3-12H2,1-2H3,(H,19,20). The van der Waals surface area contributed by atoms with Crippen molar-refractivity contribution in [2.45, 2.75) is 71.1 Å². The Bertz CT molecular complexity index is 384. The predicted molar refractivity (Wildman–Crippen MR) is 82.0 cm³/mol. The Morgan fingerprint density at radius 2 is 1.57 bits per heavy atom. The van der Waals surface area contributed by atoms with Crippen molar-refractivity contribution in [2.75, 3.05) is 7.11 Å². The number of ether oxygens (including phenoxy) is 1. The molecule has 0 amide bonds. The molecule has 1 aliphatic carbocycles. The first-order chi connectivity index (χ1) is 10.1. The lowest BCUT2D eigenvalue weighted by molar-refractivity contribution is -0.141. The van der Waals surface area contributed by atoms with Crippen molar-refractivity contribution in [3.05, 3.63) is 11.1 Å². The normalized spacial score (nSPS) is 17.0. The number of carbonyl (C=O) groups is 2. The van der Waals surface area contributed by atoms with E-state index in [1.165, 1.54) is 31.9 Å². The zero-order valence-electron chi connectivity index (χ0n) is 13.3. The summed E-state index contributed by atoms with van der Waals surface area (Å²) in [6, 6.07) is 0. The summed E-state index contributed by atoms with van der Waals surface area (Å²) < 4.78 is 4.59. The Hall–Kier alpha value is -1.32. The third kappa shape index (κ3) is 6.32. The van der Waals surface area contributed by atoms with Gasteiger partial charge in [-0.15, -0.1) is 0 Å².